The van der Waals surface area contributed by atoms with E-state index >= 15 is 0 Å². The number of ether oxygens (including phenoxy) is 2. The molecule has 0 radical (unpaired) electrons. The van der Waals surface area contributed by atoms with Crippen LogP contribution >= 0.6 is 24.0 Å². The van der Waals surface area contributed by atoms with Crippen LogP contribution in [0.25, 0.3) is 0 Å². The predicted octanol–water partition coefficient (Wildman–Crippen LogP) is 3.18. The lowest BCUT2D eigenvalue weighted by atomic mass is 9.84. The fourth-order valence-electron chi connectivity index (χ4n) is 3.18. The maximum Gasteiger partial charge on any atom is 0.191 e. The summed E-state index contributed by atoms with van der Waals surface area (Å²) < 4.78 is 11.5. The Hall–Kier alpha value is -1.06. The molecule has 0 aromatic heterocycles. The van der Waals surface area contributed by atoms with E-state index in [-0.39, 0.29) is 36.0 Å². The van der Waals surface area contributed by atoms with Crippen LogP contribution in [0.4, 0.5) is 0 Å². The van der Waals surface area contributed by atoms with E-state index in [1.165, 1.54) is 0 Å². The van der Waals surface area contributed by atoms with E-state index in [0.29, 0.717) is 19.1 Å². The summed E-state index contributed by atoms with van der Waals surface area (Å²) in [7, 11) is 1.77. The van der Waals surface area contributed by atoms with E-state index in [0.717, 1.165) is 56.3 Å². The Morgan fingerprint density at radius 1 is 1.32 bits per heavy atom. The van der Waals surface area contributed by atoms with Gasteiger partial charge in [0.15, 0.2) is 5.96 Å². The van der Waals surface area contributed by atoms with Gasteiger partial charge in [-0.1, -0.05) is 32.0 Å². The molecule has 3 N–H and O–H groups in total. The fourth-order valence-corrected chi connectivity index (χ4v) is 3.18. The van der Waals surface area contributed by atoms with Crippen LogP contribution < -0.4 is 15.4 Å². The molecule has 1 heterocycles. The first-order valence-corrected chi connectivity index (χ1v) is 9.92. The van der Waals surface area contributed by atoms with Gasteiger partial charge < -0.3 is 25.2 Å². The average Bonchev–Trinajstić information content (AvgIpc) is 3.12. The molecule has 1 unspecified atom stereocenters. The number of halogens is 1. The Kier molecular flexibility index (Phi) is 11.8. The summed E-state index contributed by atoms with van der Waals surface area (Å²) in [6.45, 7) is 8.13. The van der Waals surface area contributed by atoms with Gasteiger partial charge in [-0.25, -0.2) is 0 Å². The van der Waals surface area contributed by atoms with Crippen molar-refractivity contribution in [3.63, 3.8) is 0 Å². The highest BCUT2D eigenvalue weighted by Crippen LogP contribution is 2.31. The zero-order valence-corrected chi connectivity index (χ0v) is 19.7. The number of rotatable bonds is 10. The number of aliphatic hydroxyl groups is 1. The molecule has 2 rings (SSSR count). The van der Waals surface area contributed by atoms with Crippen molar-refractivity contribution < 1.29 is 14.6 Å². The standard InChI is InChI=1S/C21H35N3O3.HI/c1-17(2)8-12-27-19-7-5-4-6-18(19)14-23-20(22-3)24-15-21(9-11-25)10-13-26-16-21;/h4-7,17,25H,8-16H2,1-3H3,(H2,22,23,24);1H. The highest BCUT2D eigenvalue weighted by atomic mass is 127. The van der Waals surface area contributed by atoms with Gasteiger partial charge in [0.05, 0.1) is 13.2 Å². The van der Waals surface area contributed by atoms with Gasteiger partial charge in [-0.05, 0) is 31.2 Å². The van der Waals surface area contributed by atoms with Crippen LogP contribution in [0.15, 0.2) is 29.3 Å². The summed E-state index contributed by atoms with van der Waals surface area (Å²) in [5, 5.41) is 16.1. The maximum absolute atomic E-state index is 9.36. The second-order valence-electron chi connectivity index (χ2n) is 7.69. The first-order valence-electron chi connectivity index (χ1n) is 9.92. The van der Waals surface area contributed by atoms with Gasteiger partial charge >= 0.3 is 0 Å². The van der Waals surface area contributed by atoms with Crippen molar-refractivity contribution in [3.05, 3.63) is 29.8 Å². The fraction of sp³-hybridized carbons (Fsp3) is 0.667. The van der Waals surface area contributed by atoms with Crippen molar-refractivity contribution >= 4 is 29.9 Å². The number of hydrogen-bond acceptors (Lipinski definition) is 4. The molecule has 7 heteroatoms. The van der Waals surface area contributed by atoms with Gasteiger partial charge in [0.25, 0.3) is 0 Å². The Morgan fingerprint density at radius 2 is 2.11 bits per heavy atom. The molecule has 0 bridgehead atoms. The van der Waals surface area contributed by atoms with E-state index in [9.17, 15) is 5.11 Å². The van der Waals surface area contributed by atoms with Crippen LogP contribution in [0.2, 0.25) is 0 Å². The average molecular weight is 505 g/mol. The molecule has 6 nitrogen and oxygen atoms in total. The first-order chi connectivity index (χ1) is 13.1. The van der Waals surface area contributed by atoms with Crippen LogP contribution in [-0.4, -0.2) is 51.1 Å². The predicted molar refractivity (Wildman–Crippen MR) is 125 cm³/mol. The van der Waals surface area contributed by atoms with Crippen LogP contribution in [0.5, 0.6) is 5.75 Å². The molecule has 1 aliphatic heterocycles. The summed E-state index contributed by atoms with van der Waals surface area (Å²) in [5.74, 6) is 2.29. The van der Waals surface area contributed by atoms with Crippen molar-refractivity contribution in [2.45, 2.75) is 39.7 Å². The molecule has 0 aliphatic carbocycles. The van der Waals surface area contributed by atoms with Crippen molar-refractivity contribution in [3.8, 4) is 5.75 Å². The van der Waals surface area contributed by atoms with Gasteiger partial charge in [-0.3, -0.25) is 4.99 Å². The molecule has 0 saturated carbocycles. The lowest BCUT2D eigenvalue weighted by Gasteiger charge is -2.27. The van der Waals surface area contributed by atoms with Crippen LogP contribution in [-0.2, 0) is 11.3 Å². The number of aliphatic imine (C=N–C) groups is 1. The van der Waals surface area contributed by atoms with Gasteiger partial charge in [0, 0.05) is 44.3 Å². The summed E-state index contributed by atoms with van der Waals surface area (Å²) in [6.07, 6.45) is 2.74. The summed E-state index contributed by atoms with van der Waals surface area (Å²) in [6, 6.07) is 8.11. The quantitative estimate of drug-likeness (QED) is 0.259. The van der Waals surface area contributed by atoms with Gasteiger partial charge in [-0.2, -0.15) is 0 Å². The second-order valence-corrected chi connectivity index (χ2v) is 7.69. The zero-order valence-electron chi connectivity index (χ0n) is 17.4. The molecule has 1 aliphatic rings. The lowest BCUT2D eigenvalue weighted by Crippen LogP contribution is -2.44. The van der Waals surface area contributed by atoms with Gasteiger partial charge in [0.2, 0.25) is 0 Å². The molecule has 1 aromatic rings. The minimum absolute atomic E-state index is 0. The molecule has 28 heavy (non-hydrogen) atoms. The highest BCUT2D eigenvalue weighted by molar-refractivity contribution is 14.0. The first kappa shape index (κ1) is 25.0. The number of para-hydroxylation sites is 1. The number of benzene rings is 1. The molecular weight excluding hydrogens is 469 g/mol. The van der Waals surface area contributed by atoms with Crippen molar-refractivity contribution in [2.75, 3.05) is 40.0 Å². The van der Waals surface area contributed by atoms with E-state index in [1.807, 2.05) is 18.2 Å². The summed E-state index contributed by atoms with van der Waals surface area (Å²) >= 11 is 0. The molecule has 1 aromatic carbocycles. The molecule has 1 saturated heterocycles. The Bertz CT molecular complexity index is 590. The highest BCUT2D eigenvalue weighted by Gasteiger charge is 2.34. The molecular formula is C21H36IN3O3. The Labute approximate surface area is 186 Å². The lowest BCUT2D eigenvalue weighted by molar-refractivity contribution is 0.127. The van der Waals surface area contributed by atoms with Crippen LogP contribution in [0, 0.1) is 11.3 Å². The van der Waals surface area contributed by atoms with Gasteiger partial charge in [0.1, 0.15) is 5.75 Å². The minimum atomic E-state index is -0.00969. The smallest absolute Gasteiger partial charge is 0.191 e. The number of nitrogens with one attached hydrogen (secondary N) is 2. The zero-order chi connectivity index (χ0) is 19.5. The summed E-state index contributed by atoms with van der Waals surface area (Å²) in [4.78, 5) is 4.32. The van der Waals surface area contributed by atoms with E-state index in [1.54, 1.807) is 7.05 Å². The molecule has 1 atom stereocenters. The van der Waals surface area contributed by atoms with E-state index < -0.39 is 0 Å². The third-order valence-electron chi connectivity index (χ3n) is 5.05. The minimum Gasteiger partial charge on any atom is -0.493 e. The maximum atomic E-state index is 9.36. The van der Waals surface area contributed by atoms with Crippen molar-refractivity contribution in [1.82, 2.24) is 10.6 Å². The SMILES string of the molecule is CN=C(NCc1ccccc1OCCC(C)C)NCC1(CCO)CCOC1.I. The van der Waals surface area contributed by atoms with E-state index in [4.69, 9.17) is 9.47 Å². The summed E-state index contributed by atoms with van der Waals surface area (Å²) in [5.41, 5.74) is 1.10. The van der Waals surface area contributed by atoms with Crippen LogP contribution in [0.3, 0.4) is 0 Å². The molecule has 0 spiro atoms. The largest absolute Gasteiger partial charge is 0.493 e. The topological polar surface area (TPSA) is 75.1 Å². The monoisotopic (exact) mass is 505 g/mol. The number of hydrogen-bond donors (Lipinski definition) is 3. The van der Waals surface area contributed by atoms with Crippen molar-refractivity contribution in [1.29, 1.82) is 0 Å². The Balaban J connectivity index is 0.00000392. The normalized spacial score (nSPS) is 19.4. The molecule has 1 fully saturated rings. The number of nitrogens with zero attached hydrogens (tertiary/aromatic N) is 1. The van der Waals surface area contributed by atoms with Crippen molar-refractivity contribution in [2.24, 2.45) is 16.3 Å². The van der Waals surface area contributed by atoms with E-state index in [2.05, 4.69) is 35.5 Å². The third-order valence-corrected chi connectivity index (χ3v) is 5.05. The number of guanidine groups is 1. The van der Waals surface area contributed by atoms with Crippen LogP contribution in [0.1, 0.15) is 38.7 Å². The second kappa shape index (κ2) is 13.2. The van der Waals surface area contributed by atoms with Gasteiger partial charge in [-0.15, -0.1) is 24.0 Å². The Morgan fingerprint density at radius 3 is 2.75 bits per heavy atom. The molecule has 160 valence electrons. The number of aliphatic hydroxyl groups excluding tert-OH is 1. The third kappa shape index (κ3) is 8.13. The molecule has 0 amide bonds.